The molecule has 0 saturated carbocycles. The number of hydrogen-bond donors (Lipinski definition) is 0. The molecule has 0 spiro atoms. The first-order chi connectivity index (χ1) is 2.50. The van der Waals surface area contributed by atoms with Gasteiger partial charge in [-0.3, -0.25) is 4.99 Å². The summed E-state index contributed by atoms with van der Waals surface area (Å²) in [5.41, 5.74) is 0. The van der Waals surface area contributed by atoms with Gasteiger partial charge in [0.25, 0.3) is 0 Å². The normalized spacial score (nSPS) is 16.0. The molecule has 38 valence electrons. The summed E-state index contributed by atoms with van der Waals surface area (Å²) in [6.07, 6.45) is 1.49. The number of aliphatic imine (C=N–C) groups is 1. The molecule has 0 bridgehead atoms. The second kappa shape index (κ2) is 3.35. The van der Waals surface area contributed by atoms with Gasteiger partial charge in [-0.05, 0) is 0 Å². The maximum Gasteiger partial charge on any atom is 0.169 e. The van der Waals surface area contributed by atoms with Crippen LogP contribution in [0.5, 0.6) is 0 Å². The molecule has 0 saturated heterocycles. The van der Waals surface area contributed by atoms with E-state index in [0.29, 0.717) is 0 Å². The van der Waals surface area contributed by atoms with Crippen LogP contribution >= 0.6 is 0 Å². The van der Waals surface area contributed by atoms with Crippen LogP contribution in [-0.4, -0.2) is 19.6 Å². The predicted octanol–water partition coefficient (Wildman–Crippen LogP) is 0.0424. The van der Waals surface area contributed by atoms with Gasteiger partial charge in [-0.2, -0.15) is 0 Å². The third-order valence-electron chi connectivity index (χ3n) is 0.487. The molecule has 0 unspecified atom stereocenters. The second-order valence-corrected chi connectivity index (χ2v) is 0.882. The van der Waals surface area contributed by atoms with E-state index in [4.69, 9.17) is 0 Å². The fourth-order valence-corrected chi connectivity index (χ4v) is 0.264. The van der Waals surface area contributed by atoms with Crippen LogP contribution in [0.3, 0.4) is 0 Å². The third kappa shape index (κ3) is 1.56. The molecular weight excluding hydrogens is 261 g/mol. The first-order valence-corrected chi connectivity index (χ1v) is 1.60. The van der Waals surface area contributed by atoms with Crippen molar-refractivity contribution in [1.82, 2.24) is 0 Å². The average Bonchev–Trinajstić information content (AvgIpc) is 1.76. The van der Waals surface area contributed by atoms with Crippen LogP contribution in [0, 0.1) is 0 Å². The molecule has 0 fully saturated rings. The van der Waals surface area contributed by atoms with Crippen LogP contribution in [0.1, 0.15) is 0 Å². The van der Waals surface area contributed by atoms with Gasteiger partial charge in [-0.1, -0.05) is 0 Å². The summed E-state index contributed by atoms with van der Waals surface area (Å²) in [4.78, 5) is 3.74. The Labute approximate surface area is 50.9 Å². The van der Waals surface area contributed by atoms with Crippen molar-refractivity contribution in [2.75, 3.05) is 13.2 Å². The molecule has 0 aromatic heterocycles. The molecule has 1 heterocycles. The van der Waals surface area contributed by atoms with E-state index < -0.39 is 0 Å². The Morgan fingerprint density at radius 3 is 2.67 bits per heavy atom. The number of rotatable bonds is 0. The minimum absolute atomic E-state index is 0. The van der Waals surface area contributed by atoms with Crippen molar-refractivity contribution < 1.29 is 25.8 Å². The molecule has 3 heteroatoms. The molecule has 0 radical (unpaired) electrons. The fourth-order valence-electron chi connectivity index (χ4n) is 0.264. The topological polar surface area (TPSA) is 21.6 Å². The smallest absolute Gasteiger partial charge is 0.169 e. The summed E-state index contributed by atoms with van der Waals surface area (Å²) < 4.78 is 4.65. The molecule has 1 aliphatic heterocycles. The predicted molar refractivity (Wildman–Crippen MR) is 19.3 cm³/mol. The SMILES string of the molecule is C1=NCCO1.[Pt]. The molecule has 0 aromatic rings. The van der Waals surface area contributed by atoms with E-state index in [9.17, 15) is 0 Å². The Morgan fingerprint density at radius 2 is 2.50 bits per heavy atom. The molecule has 0 aromatic carbocycles. The van der Waals surface area contributed by atoms with E-state index in [1.54, 1.807) is 0 Å². The maximum atomic E-state index is 4.65. The summed E-state index contributed by atoms with van der Waals surface area (Å²) in [6, 6.07) is 0. The van der Waals surface area contributed by atoms with Crippen LogP contribution in [0.25, 0.3) is 0 Å². The van der Waals surface area contributed by atoms with Gasteiger partial charge in [0.05, 0.1) is 6.54 Å². The van der Waals surface area contributed by atoms with Gasteiger partial charge in [0.15, 0.2) is 6.40 Å². The van der Waals surface area contributed by atoms with Crippen molar-refractivity contribution in [3.05, 3.63) is 0 Å². The Balaban J connectivity index is 0.000000250. The fraction of sp³-hybridized carbons (Fsp3) is 0.667. The van der Waals surface area contributed by atoms with Crippen LogP contribution in [0.15, 0.2) is 4.99 Å². The molecule has 0 atom stereocenters. The Morgan fingerprint density at radius 1 is 1.67 bits per heavy atom. The van der Waals surface area contributed by atoms with Crippen molar-refractivity contribution in [1.29, 1.82) is 0 Å². The van der Waals surface area contributed by atoms with Crippen LogP contribution in [0.2, 0.25) is 0 Å². The standard InChI is InChI=1S/C3H5NO.Pt/c1-2-5-3-4-1;/h3H,1-2H2;. The van der Waals surface area contributed by atoms with Crippen LogP contribution in [-0.2, 0) is 25.8 Å². The monoisotopic (exact) mass is 266 g/mol. The molecule has 1 rings (SSSR count). The molecule has 0 aliphatic carbocycles. The minimum atomic E-state index is 0. The summed E-state index contributed by atoms with van der Waals surface area (Å²) >= 11 is 0. The van der Waals surface area contributed by atoms with Crippen molar-refractivity contribution in [3.63, 3.8) is 0 Å². The first-order valence-electron chi connectivity index (χ1n) is 1.60. The number of nitrogens with zero attached hydrogens (tertiary/aromatic N) is 1. The maximum absolute atomic E-state index is 4.65. The van der Waals surface area contributed by atoms with Crippen molar-refractivity contribution in [2.45, 2.75) is 0 Å². The Kier molecular flexibility index (Phi) is 3.44. The quantitative estimate of drug-likeness (QED) is 0.607. The van der Waals surface area contributed by atoms with Crippen LogP contribution in [0.4, 0.5) is 0 Å². The van der Waals surface area contributed by atoms with Gasteiger partial charge in [-0.25, -0.2) is 0 Å². The van der Waals surface area contributed by atoms with E-state index >= 15 is 0 Å². The van der Waals surface area contributed by atoms with E-state index in [1.807, 2.05) is 0 Å². The third-order valence-corrected chi connectivity index (χ3v) is 0.487. The number of ether oxygens (including phenoxy) is 1. The minimum Gasteiger partial charge on any atom is -0.482 e. The summed E-state index contributed by atoms with van der Waals surface area (Å²) in [7, 11) is 0. The molecule has 0 amide bonds. The van der Waals surface area contributed by atoms with Crippen molar-refractivity contribution in [2.24, 2.45) is 4.99 Å². The summed E-state index contributed by atoms with van der Waals surface area (Å²) in [5.74, 6) is 0. The summed E-state index contributed by atoms with van der Waals surface area (Å²) in [6.45, 7) is 1.62. The van der Waals surface area contributed by atoms with Crippen molar-refractivity contribution in [3.8, 4) is 0 Å². The van der Waals surface area contributed by atoms with Gasteiger partial charge in [0, 0.05) is 21.1 Å². The summed E-state index contributed by atoms with van der Waals surface area (Å²) in [5, 5.41) is 0. The number of hydrogen-bond acceptors (Lipinski definition) is 2. The second-order valence-electron chi connectivity index (χ2n) is 0.882. The Bertz CT molecular complexity index is 48.8. The average molecular weight is 266 g/mol. The van der Waals surface area contributed by atoms with E-state index in [2.05, 4.69) is 9.73 Å². The van der Waals surface area contributed by atoms with Gasteiger partial charge < -0.3 is 4.74 Å². The molecular formula is C3H5NOPt. The van der Waals surface area contributed by atoms with Gasteiger partial charge >= 0.3 is 0 Å². The van der Waals surface area contributed by atoms with E-state index in [-0.39, 0.29) is 21.1 Å². The molecule has 2 nitrogen and oxygen atoms in total. The van der Waals surface area contributed by atoms with E-state index in [0.717, 1.165) is 13.2 Å². The first kappa shape index (κ1) is 6.16. The zero-order chi connectivity index (χ0) is 3.54. The Hall–Kier alpha value is 0.158. The zero-order valence-electron chi connectivity index (χ0n) is 3.16. The molecule has 1 aliphatic rings. The van der Waals surface area contributed by atoms with Gasteiger partial charge in [0.2, 0.25) is 0 Å². The van der Waals surface area contributed by atoms with Gasteiger partial charge in [-0.15, -0.1) is 0 Å². The largest absolute Gasteiger partial charge is 0.482 e. The van der Waals surface area contributed by atoms with Crippen molar-refractivity contribution >= 4 is 6.40 Å². The molecule has 6 heavy (non-hydrogen) atoms. The zero-order valence-corrected chi connectivity index (χ0v) is 5.44. The molecule has 0 N–H and O–H groups in total. The van der Waals surface area contributed by atoms with Gasteiger partial charge in [0.1, 0.15) is 6.61 Å². The van der Waals surface area contributed by atoms with Crippen LogP contribution < -0.4 is 0 Å². The van der Waals surface area contributed by atoms with E-state index in [1.165, 1.54) is 6.40 Å².